The molecule has 1 N–H and O–H groups in total. The fourth-order valence-corrected chi connectivity index (χ4v) is 3.66. The normalized spacial score (nSPS) is 20.0. The van der Waals surface area contributed by atoms with Gasteiger partial charge in [0.15, 0.2) is 9.84 Å². The van der Waals surface area contributed by atoms with Crippen LogP contribution in [0.25, 0.3) is 5.65 Å². The topological polar surface area (TPSA) is 80.5 Å². The largest absolute Gasteiger partial charge is 0.348 e. The Morgan fingerprint density at radius 1 is 1.52 bits per heavy atom. The molecule has 0 spiro atoms. The maximum Gasteiger partial charge on any atom is 0.226 e. The number of nitrogens with one attached hydrogen (secondary N) is 1. The van der Waals surface area contributed by atoms with Gasteiger partial charge in [0.05, 0.1) is 23.9 Å². The third kappa shape index (κ3) is 2.82. The Bertz CT molecular complexity index is 836. The Labute approximate surface area is 122 Å². The third-order valence-electron chi connectivity index (χ3n) is 3.43. The van der Waals surface area contributed by atoms with E-state index in [1.807, 2.05) is 29.7 Å². The van der Waals surface area contributed by atoms with Crippen LogP contribution in [0.15, 0.2) is 36.0 Å². The average Bonchev–Trinajstić information content (AvgIpc) is 2.95. The summed E-state index contributed by atoms with van der Waals surface area (Å²) in [5.74, 6) is -0.282. The number of sulfone groups is 1. The smallest absolute Gasteiger partial charge is 0.226 e. The number of aryl methyl sites for hydroxylation is 1. The summed E-state index contributed by atoms with van der Waals surface area (Å²) in [6.45, 7) is 1.96. The van der Waals surface area contributed by atoms with Crippen LogP contribution in [0.5, 0.6) is 0 Å². The molecule has 0 unspecified atom stereocenters. The fourth-order valence-electron chi connectivity index (χ4n) is 2.42. The van der Waals surface area contributed by atoms with Crippen LogP contribution in [0, 0.1) is 6.92 Å². The van der Waals surface area contributed by atoms with Crippen molar-refractivity contribution in [1.82, 2.24) is 14.7 Å². The van der Waals surface area contributed by atoms with Crippen LogP contribution in [0.4, 0.5) is 0 Å². The first-order chi connectivity index (χ1) is 9.94. The number of amides is 1. The average molecular weight is 305 g/mol. The van der Waals surface area contributed by atoms with E-state index >= 15 is 0 Å². The highest BCUT2D eigenvalue weighted by Crippen LogP contribution is 2.12. The molecule has 0 saturated heterocycles. The molecule has 1 aliphatic heterocycles. The van der Waals surface area contributed by atoms with Crippen LogP contribution < -0.4 is 5.32 Å². The molecule has 110 valence electrons. The Kier molecular flexibility index (Phi) is 3.29. The van der Waals surface area contributed by atoms with Crippen molar-refractivity contribution in [3.8, 4) is 0 Å². The third-order valence-corrected chi connectivity index (χ3v) is 4.82. The molecule has 2 aromatic rings. The highest BCUT2D eigenvalue weighted by atomic mass is 32.2. The van der Waals surface area contributed by atoms with Crippen LogP contribution in [-0.4, -0.2) is 35.5 Å². The molecule has 0 fully saturated rings. The van der Waals surface area contributed by atoms with Crippen LogP contribution in [0.1, 0.15) is 11.3 Å². The number of fused-ring (bicyclic) bond motifs is 1. The number of imidazole rings is 1. The molecular formula is C14H15N3O3S. The van der Waals surface area contributed by atoms with Crippen molar-refractivity contribution in [2.75, 3.05) is 5.75 Å². The molecule has 7 heteroatoms. The first-order valence-electron chi connectivity index (χ1n) is 6.56. The minimum Gasteiger partial charge on any atom is -0.348 e. The zero-order valence-corrected chi connectivity index (χ0v) is 12.3. The van der Waals surface area contributed by atoms with Gasteiger partial charge >= 0.3 is 0 Å². The van der Waals surface area contributed by atoms with Crippen molar-refractivity contribution in [3.63, 3.8) is 0 Å². The minimum atomic E-state index is -3.16. The molecule has 0 aromatic carbocycles. The Morgan fingerprint density at radius 3 is 3.05 bits per heavy atom. The SMILES string of the molecule is Cc1cccn2c(CC(=O)N[C@H]3C=CS(=O)(=O)C3)cnc12. The van der Waals surface area contributed by atoms with Crippen LogP contribution >= 0.6 is 0 Å². The Hall–Kier alpha value is -2.15. The van der Waals surface area contributed by atoms with E-state index in [4.69, 9.17) is 0 Å². The van der Waals surface area contributed by atoms with Crippen LogP contribution in [0.2, 0.25) is 0 Å². The lowest BCUT2D eigenvalue weighted by Gasteiger charge is -2.09. The highest BCUT2D eigenvalue weighted by Gasteiger charge is 2.23. The number of aromatic nitrogens is 2. The zero-order chi connectivity index (χ0) is 15.0. The number of carbonyl (C=O) groups excluding carboxylic acids is 1. The van der Waals surface area contributed by atoms with Gasteiger partial charge in [-0.3, -0.25) is 4.79 Å². The second kappa shape index (κ2) is 5.00. The van der Waals surface area contributed by atoms with Crippen LogP contribution in [0.3, 0.4) is 0 Å². The second-order valence-electron chi connectivity index (χ2n) is 5.14. The summed E-state index contributed by atoms with van der Waals surface area (Å²) in [4.78, 5) is 16.3. The standard InChI is InChI=1S/C14H15N3O3S/c1-10-3-2-5-17-12(8-15-14(10)17)7-13(18)16-11-4-6-21(19,20)9-11/h2-6,8,11H,7,9H2,1H3,(H,16,18)/t11-/m0/s1. The summed E-state index contributed by atoms with van der Waals surface area (Å²) in [6, 6.07) is 3.42. The number of hydrogen-bond acceptors (Lipinski definition) is 4. The maximum absolute atomic E-state index is 12.0. The van der Waals surface area contributed by atoms with E-state index in [1.165, 1.54) is 6.08 Å². The van der Waals surface area contributed by atoms with Gasteiger partial charge in [0, 0.05) is 17.8 Å². The van der Waals surface area contributed by atoms with E-state index in [0.29, 0.717) is 0 Å². The molecule has 3 rings (SSSR count). The molecule has 6 nitrogen and oxygen atoms in total. The van der Waals surface area contributed by atoms with Gasteiger partial charge < -0.3 is 9.72 Å². The maximum atomic E-state index is 12.0. The summed E-state index contributed by atoms with van der Waals surface area (Å²) >= 11 is 0. The predicted octanol–water partition coefficient (Wildman–Crippen LogP) is 0.612. The van der Waals surface area contributed by atoms with Gasteiger partial charge in [0.2, 0.25) is 5.91 Å². The van der Waals surface area contributed by atoms with E-state index in [0.717, 1.165) is 22.3 Å². The molecular weight excluding hydrogens is 290 g/mol. The number of carbonyl (C=O) groups is 1. The van der Waals surface area contributed by atoms with Gasteiger partial charge in [-0.2, -0.15) is 0 Å². The van der Waals surface area contributed by atoms with E-state index in [1.54, 1.807) is 6.20 Å². The lowest BCUT2D eigenvalue weighted by Crippen LogP contribution is -2.36. The van der Waals surface area contributed by atoms with Gasteiger partial charge in [-0.05, 0) is 24.6 Å². The first-order valence-corrected chi connectivity index (χ1v) is 8.28. The molecule has 0 saturated carbocycles. The molecule has 21 heavy (non-hydrogen) atoms. The molecule has 0 aliphatic carbocycles. The summed E-state index contributed by atoms with van der Waals surface area (Å²) in [7, 11) is -3.16. The van der Waals surface area contributed by atoms with E-state index in [9.17, 15) is 13.2 Å². The second-order valence-corrected chi connectivity index (χ2v) is 7.07. The highest BCUT2D eigenvalue weighted by molar-refractivity contribution is 7.94. The number of nitrogens with zero attached hydrogens (tertiary/aromatic N) is 2. The van der Waals surface area contributed by atoms with Gasteiger partial charge in [-0.15, -0.1) is 0 Å². The van der Waals surface area contributed by atoms with E-state index in [-0.39, 0.29) is 18.1 Å². The van der Waals surface area contributed by atoms with Crippen LogP contribution in [-0.2, 0) is 21.1 Å². The summed E-state index contributed by atoms with van der Waals surface area (Å²) in [5, 5.41) is 3.85. The molecule has 3 heterocycles. The summed E-state index contributed by atoms with van der Waals surface area (Å²) in [6.07, 6.45) is 5.20. The number of hydrogen-bond donors (Lipinski definition) is 1. The summed E-state index contributed by atoms with van der Waals surface area (Å²) < 4.78 is 24.5. The lowest BCUT2D eigenvalue weighted by molar-refractivity contribution is -0.120. The van der Waals surface area contributed by atoms with E-state index < -0.39 is 15.9 Å². The molecule has 1 aliphatic rings. The van der Waals surface area contributed by atoms with E-state index in [2.05, 4.69) is 10.3 Å². The van der Waals surface area contributed by atoms with Crippen molar-refractivity contribution >= 4 is 21.4 Å². The van der Waals surface area contributed by atoms with Gasteiger partial charge in [-0.1, -0.05) is 6.07 Å². The number of pyridine rings is 1. The van der Waals surface area contributed by atoms with Gasteiger partial charge in [0.1, 0.15) is 5.65 Å². The number of rotatable bonds is 3. The first kappa shape index (κ1) is 13.8. The Morgan fingerprint density at radius 2 is 2.33 bits per heavy atom. The quantitative estimate of drug-likeness (QED) is 0.901. The molecule has 0 bridgehead atoms. The lowest BCUT2D eigenvalue weighted by atomic mass is 10.2. The van der Waals surface area contributed by atoms with Crippen molar-refractivity contribution in [3.05, 3.63) is 47.3 Å². The molecule has 0 radical (unpaired) electrons. The van der Waals surface area contributed by atoms with Crippen molar-refractivity contribution < 1.29 is 13.2 Å². The minimum absolute atomic E-state index is 0.0645. The molecule has 1 atom stereocenters. The van der Waals surface area contributed by atoms with Crippen molar-refractivity contribution in [1.29, 1.82) is 0 Å². The van der Waals surface area contributed by atoms with Crippen molar-refractivity contribution in [2.45, 2.75) is 19.4 Å². The summed E-state index contributed by atoms with van der Waals surface area (Å²) in [5.41, 5.74) is 2.63. The monoisotopic (exact) mass is 305 g/mol. The van der Waals surface area contributed by atoms with Gasteiger partial charge in [0.25, 0.3) is 0 Å². The zero-order valence-electron chi connectivity index (χ0n) is 11.5. The van der Waals surface area contributed by atoms with Gasteiger partial charge in [-0.25, -0.2) is 13.4 Å². The fraction of sp³-hybridized carbons (Fsp3) is 0.286. The Balaban J connectivity index is 1.73. The predicted molar refractivity (Wildman–Crippen MR) is 78.5 cm³/mol. The molecule has 2 aromatic heterocycles. The molecule has 1 amide bonds. The van der Waals surface area contributed by atoms with Crippen molar-refractivity contribution in [2.24, 2.45) is 0 Å².